The van der Waals surface area contributed by atoms with Gasteiger partial charge in [-0.25, -0.2) is 0 Å². The monoisotopic (exact) mass is 255 g/mol. The molecule has 0 aliphatic heterocycles. The Morgan fingerprint density at radius 1 is 0.842 bits per heavy atom. The molecule has 0 aliphatic carbocycles. The molecule has 0 fully saturated rings. The van der Waals surface area contributed by atoms with Gasteiger partial charge in [0.25, 0.3) is 0 Å². The third-order valence-electron chi connectivity index (χ3n) is 3.39. The van der Waals surface area contributed by atoms with E-state index in [1.54, 1.807) is 7.11 Å². The smallest absolute Gasteiger partial charge is 0.119 e. The molecule has 0 saturated heterocycles. The van der Waals surface area contributed by atoms with Crippen LogP contribution in [-0.4, -0.2) is 7.11 Å². The lowest BCUT2D eigenvalue weighted by Crippen LogP contribution is -2.22. The van der Waals surface area contributed by atoms with Gasteiger partial charge in [-0.15, -0.1) is 0 Å². The first-order chi connectivity index (χ1) is 9.20. The summed E-state index contributed by atoms with van der Waals surface area (Å²) < 4.78 is 5.27. The predicted octanol–water partition coefficient (Wildman–Crippen LogP) is 4.11. The van der Waals surface area contributed by atoms with Crippen molar-refractivity contribution in [2.75, 3.05) is 7.11 Å². The molecule has 2 nitrogen and oxygen atoms in total. The Labute approximate surface area is 115 Å². The van der Waals surface area contributed by atoms with Crippen molar-refractivity contribution in [2.45, 2.75) is 25.9 Å². The second kappa shape index (κ2) is 6.39. The minimum absolute atomic E-state index is 0.283. The van der Waals surface area contributed by atoms with E-state index in [1.807, 2.05) is 18.2 Å². The molecule has 2 heteroatoms. The molecule has 0 radical (unpaired) electrons. The Hall–Kier alpha value is -1.80. The molecule has 19 heavy (non-hydrogen) atoms. The zero-order valence-electron chi connectivity index (χ0n) is 11.8. The van der Waals surface area contributed by atoms with E-state index < -0.39 is 0 Å². The third-order valence-corrected chi connectivity index (χ3v) is 3.39. The molecular formula is C17H21NO. The zero-order valence-corrected chi connectivity index (χ0v) is 11.8. The lowest BCUT2D eigenvalue weighted by molar-refractivity contribution is 0.412. The van der Waals surface area contributed by atoms with E-state index in [1.165, 1.54) is 11.1 Å². The third kappa shape index (κ3) is 3.58. The Morgan fingerprint density at radius 3 is 2.16 bits per heavy atom. The Balaban J connectivity index is 2.06. The first kappa shape index (κ1) is 13.6. The van der Waals surface area contributed by atoms with Crippen LogP contribution in [0.25, 0.3) is 0 Å². The van der Waals surface area contributed by atoms with Crippen molar-refractivity contribution in [1.82, 2.24) is 5.32 Å². The van der Waals surface area contributed by atoms with Crippen molar-refractivity contribution in [1.29, 1.82) is 0 Å². The molecule has 0 amide bonds. The minimum Gasteiger partial charge on any atom is -0.497 e. The molecule has 0 bridgehead atoms. The summed E-state index contributed by atoms with van der Waals surface area (Å²) in [6.07, 6.45) is 0. The predicted molar refractivity (Wildman–Crippen MR) is 79.4 cm³/mol. The highest BCUT2D eigenvalue weighted by molar-refractivity contribution is 5.30. The molecule has 2 rings (SSSR count). The molecule has 2 aromatic carbocycles. The molecule has 0 heterocycles. The number of rotatable bonds is 5. The van der Waals surface area contributed by atoms with E-state index in [2.05, 4.69) is 55.6 Å². The fourth-order valence-corrected chi connectivity index (χ4v) is 2.22. The van der Waals surface area contributed by atoms with Crippen molar-refractivity contribution >= 4 is 0 Å². The number of ether oxygens (including phenoxy) is 1. The van der Waals surface area contributed by atoms with Crippen LogP contribution in [0.15, 0.2) is 54.6 Å². The number of benzene rings is 2. The molecular weight excluding hydrogens is 234 g/mol. The number of methoxy groups -OCH3 is 1. The summed E-state index contributed by atoms with van der Waals surface area (Å²) in [5, 5.41) is 3.61. The van der Waals surface area contributed by atoms with Crippen LogP contribution in [0.4, 0.5) is 0 Å². The Bertz CT molecular complexity index is 510. The van der Waals surface area contributed by atoms with E-state index in [0.717, 1.165) is 5.75 Å². The second-order valence-corrected chi connectivity index (χ2v) is 4.80. The topological polar surface area (TPSA) is 21.3 Å². The normalized spacial score (nSPS) is 13.8. The lowest BCUT2D eigenvalue weighted by Gasteiger charge is -2.21. The van der Waals surface area contributed by atoms with Gasteiger partial charge in [0.05, 0.1) is 7.11 Å². The van der Waals surface area contributed by atoms with Gasteiger partial charge in [0.15, 0.2) is 0 Å². The van der Waals surface area contributed by atoms with E-state index in [0.29, 0.717) is 6.04 Å². The molecule has 0 unspecified atom stereocenters. The average molecular weight is 255 g/mol. The van der Waals surface area contributed by atoms with E-state index >= 15 is 0 Å². The van der Waals surface area contributed by atoms with Gasteiger partial charge in [-0.3, -0.25) is 0 Å². The van der Waals surface area contributed by atoms with Crippen LogP contribution in [0.3, 0.4) is 0 Å². The van der Waals surface area contributed by atoms with Crippen LogP contribution in [0.5, 0.6) is 5.75 Å². The van der Waals surface area contributed by atoms with Crippen LogP contribution in [0.1, 0.15) is 37.1 Å². The SMILES string of the molecule is COc1cccc([C@@H](C)N[C@H](C)c2ccccc2)c1. The summed E-state index contributed by atoms with van der Waals surface area (Å²) in [6.45, 7) is 4.36. The highest BCUT2D eigenvalue weighted by atomic mass is 16.5. The molecule has 0 aromatic heterocycles. The highest BCUT2D eigenvalue weighted by Crippen LogP contribution is 2.22. The van der Waals surface area contributed by atoms with Gasteiger partial charge in [0.1, 0.15) is 5.75 Å². The maximum absolute atomic E-state index is 5.27. The van der Waals surface area contributed by atoms with E-state index in [9.17, 15) is 0 Å². The average Bonchev–Trinajstić information content (AvgIpc) is 2.48. The van der Waals surface area contributed by atoms with Gasteiger partial charge >= 0.3 is 0 Å². The summed E-state index contributed by atoms with van der Waals surface area (Å²) in [5.41, 5.74) is 2.54. The highest BCUT2D eigenvalue weighted by Gasteiger charge is 2.11. The van der Waals surface area contributed by atoms with Crippen LogP contribution in [0.2, 0.25) is 0 Å². The molecule has 1 N–H and O–H groups in total. The largest absolute Gasteiger partial charge is 0.497 e. The molecule has 2 aromatic rings. The summed E-state index contributed by atoms with van der Waals surface area (Å²) in [5.74, 6) is 0.901. The van der Waals surface area contributed by atoms with Crippen molar-refractivity contribution in [3.8, 4) is 5.75 Å². The molecule has 100 valence electrons. The van der Waals surface area contributed by atoms with Gasteiger partial charge in [-0.05, 0) is 37.1 Å². The van der Waals surface area contributed by atoms with Gasteiger partial charge in [-0.2, -0.15) is 0 Å². The van der Waals surface area contributed by atoms with Crippen LogP contribution in [0, 0.1) is 0 Å². The van der Waals surface area contributed by atoms with Crippen molar-refractivity contribution < 1.29 is 4.74 Å². The zero-order chi connectivity index (χ0) is 13.7. The second-order valence-electron chi connectivity index (χ2n) is 4.80. The summed E-state index contributed by atoms with van der Waals surface area (Å²) in [6, 6.07) is 19.3. The van der Waals surface area contributed by atoms with Gasteiger partial charge in [-0.1, -0.05) is 42.5 Å². The summed E-state index contributed by atoms with van der Waals surface area (Å²) in [4.78, 5) is 0. The van der Waals surface area contributed by atoms with E-state index in [-0.39, 0.29) is 6.04 Å². The van der Waals surface area contributed by atoms with E-state index in [4.69, 9.17) is 4.74 Å². The van der Waals surface area contributed by atoms with Crippen molar-refractivity contribution in [2.24, 2.45) is 0 Å². The molecule has 0 saturated carbocycles. The van der Waals surface area contributed by atoms with Crippen LogP contribution >= 0.6 is 0 Å². The number of nitrogens with one attached hydrogen (secondary N) is 1. The fourth-order valence-electron chi connectivity index (χ4n) is 2.22. The fraction of sp³-hybridized carbons (Fsp3) is 0.294. The van der Waals surface area contributed by atoms with Gasteiger partial charge in [0, 0.05) is 12.1 Å². The number of hydrogen-bond acceptors (Lipinski definition) is 2. The number of hydrogen-bond donors (Lipinski definition) is 1. The first-order valence-corrected chi connectivity index (χ1v) is 6.65. The standard InChI is InChI=1S/C17H21NO/c1-13(15-8-5-4-6-9-15)18-14(2)16-10-7-11-17(12-16)19-3/h4-14,18H,1-3H3/t13-,14-/m1/s1. The maximum Gasteiger partial charge on any atom is 0.119 e. The quantitative estimate of drug-likeness (QED) is 0.868. The van der Waals surface area contributed by atoms with Crippen LogP contribution < -0.4 is 10.1 Å². The first-order valence-electron chi connectivity index (χ1n) is 6.65. The van der Waals surface area contributed by atoms with Gasteiger partial charge in [0.2, 0.25) is 0 Å². The molecule has 0 spiro atoms. The Morgan fingerprint density at radius 2 is 1.47 bits per heavy atom. The molecule has 0 aliphatic rings. The van der Waals surface area contributed by atoms with Crippen molar-refractivity contribution in [3.63, 3.8) is 0 Å². The van der Waals surface area contributed by atoms with Crippen LogP contribution in [-0.2, 0) is 0 Å². The summed E-state index contributed by atoms with van der Waals surface area (Å²) >= 11 is 0. The summed E-state index contributed by atoms with van der Waals surface area (Å²) in [7, 11) is 1.70. The van der Waals surface area contributed by atoms with Crippen molar-refractivity contribution in [3.05, 3.63) is 65.7 Å². The minimum atomic E-state index is 0.283. The Kier molecular flexibility index (Phi) is 4.58. The maximum atomic E-state index is 5.27. The molecule has 2 atom stereocenters. The van der Waals surface area contributed by atoms with Gasteiger partial charge < -0.3 is 10.1 Å². The lowest BCUT2D eigenvalue weighted by atomic mass is 10.0.